The Morgan fingerprint density at radius 3 is 2.43 bits per heavy atom. The lowest BCUT2D eigenvalue weighted by Gasteiger charge is -2.25. The number of esters is 1. The summed E-state index contributed by atoms with van der Waals surface area (Å²) >= 11 is 0. The van der Waals surface area contributed by atoms with E-state index >= 15 is 0 Å². The van der Waals surface area contributed by atoms with E-state index in [0.29, 0.717) is 11.5 Å². The van der Waals surface area contributed by atoms with Crippen LogP contribution in [0.5, 0.6) is 0 Å². The van der Waals surface area contributed by atoms with Crippen molar-refractivity contribution in [3.05, 3.63) is 12.2 Å². The Kier molecular flexibility index (Phi) is 2.38. The molecule has 0 spiro atoms. The fraction of sp³-hybridized carbons (Fsp3) is 0.750. The minimum atomic E-state index is -0.213. The molecule has 0 aromatic heterocycles. The Hall–Kier alpha value is -0.790. The van der Waals surface area contributed by atoms with Gasteiger partial charge in [-0.3, -0.25) is 0 Å². The van der Waals surface area contributed by atoms with Crippen molar-refractivity contribution in [3.8, 4) is 0 Å². The number of fused-ring (bicyclic) bond motifs is 2. The molecule has 0 heterocycles. The second-order valence-electron chi connectivity index (χ2n) is 4.93. The Morgan fingerprint density at radius 1 is 1.29 bits per heavy atom. The lowest BCUT2D eigenvalue weighted by atomic mass is 9.89. The summed E-state index contributed by atoms with van der Waals surface area (Å²) in [7, 11) is 0. The van der Waals surface area contributed by atoms with Crippen LogP contribution in [0.3, 0.4) is 0 Å². The molecule has 4 unspecified atom stereocenters. The first-order valence-electron chi connectivity index (χ1n) is 5.44. The Morgan fingerprint density at radius 2 is 2.00 bits per heavy atom. The minimum Gasteiger partial charge on any atom is -0.459 e. The van der Waals surface area contributed by atoms with Gasteiger partial charge in [0.15, 0.2) is 0 Å². The molecule has 2 aliphatic carbocycles. The first kappa shape index (κ1) is 9.75. The summed E-state index contributed by atoms with van der Waals surface area (Å²) in [6.45, 7) is 7.61. The normalized spacial score (nSPS) is 39.9. The summed E-state index contributed by atoms with van der Waals surface area (Å²) in [5, 5.41) is 0. The maximum atomic E-state index is 11.3. The van der Waals surface area contributed by atoms with E-state index in [1.54, 1.807) is 6.92 Å². The topological polar surface area (TPSA) is 26.3 Å². The van der Waals surface area contributed by atoms with E-state index in [4.69, 9.17) is 4.74 Å². The van der Waals surface area contributed by atoms with Crippen molar-refractivity contribution >= 4 is 5.97 Å². The summed E-state index contributed by atoms with van der Waals surface area (Å²) in [5.41, 5.74) is 0.515. The van der Waals surface area contributed by atoms with Crippen molar-refractivity contribution < 1.29 is 9.53 Å². The van der Waals surface area contributed by atoms with Gasteiger partial charge in [0.1, 0.15) is 6.10 Å². The number of ether oxygens (including phenoxy) is 1. The van der Waals surface area contributed by atoms with Crippen molar-refractivity contribution in [2.45, 2.75) is 39.2 Å². The van der Waals surface area contributed by atoms with E-state index in [2.05, 4.69) is 13.5 Å². The van der Waals surface area contributed by atoms with Crippen molar-refractivity contribution in [1.29, 1.82) is 0 Å². The van der Waals surface area contributed by atoms with Gasteiger partial charge < -0.3 is 4.74 Å². The summed E-state index contributed by atoms with van der Waals surface area (Å²) in [4.78, 5) is 11.3. The molecule has 2 nitrogen and oxygen atoms in total. The van der Waals surface area contributed by atoms with Gasteiger partial charge in [-0.15, -0.1) is 0 Å². The third-order valence-electron chi connectivity index (χ3n) is 3.75. The van der Waals surface area contributed by atoms with Gasteiger partial charge in [-0.05, 0) is 43.9 Å². The quantitative estimate of drug-likeness (QED) is 0.499. The molecular formula is C12H18O2. The molecule has 0 saturated heterocycles. The largest absolute Gasteiger partial charge is 0.459 e. The van der Waals surface area contributed by atoms with Gasteiger partial charge in [0.05, 0.1) is 0 Å². The number of hydrogen-bond donors (Lipinski definition) is 0. The molecule has 0 aliphatic heterocycles. The van der Waals surface area contributed by atoms with E-state index in [1.165, 1.54) is 12.8 Å². The van der Waals surface area contributed by atoms with Crippen LogP contribution in [0.1, 0.15) is 33.1 Å². The van der Waals surface area contributed by atoms with E-state index < -0.39 is 0 Å². The molecule has 0 N–H and O–H groups in total. The van der Waals surface area contributed by atoms with Gasteiger partial charge in [0, 0.05) is 5.57 Å². The van der Waals surface area contributed by atoms with Gasteiger partial charge >= 0.3 is 5.97 Å². The predicted octanol–water partition coefficient (Wildman–Crippen LogP) is 2.54. The maximum Gasteiger partial charge on any atom is 0.333 e. The van der Waals surface area contributed by atoms with Gasteiger partial charge in [0.2, 0.25) is 0 Å². The lowest BCUT2D eigenvalue weighted by Crippen LogP contribution is -2.26. The standard InChI is InChI=1S/C12H18O2/c1-7(2)12(13)14-11-6-9-5-10(11)4-8(9)3/h8-11H,1,4-6H2,2-3H3. The Balaban J connectivity index is 1.91. The van der Waals surface area contributed by atoms with E-state index in [1.807, 2.05) is 0 Å². The minimum absolute atomic E-state index is 0.181. The average molecular weight is 194 g/mol. The molecule has 4 atom stereocenters. The van der Waals surface area contributed by atoms with Crippen LogP contribution in [-0.2, 0) is 9.53 Å². The lowest BCUT2D eigenvalue weighted by molar-refractivity contribution is -0.147. The molecule has 2 bridgehead atoms. The predicted molar refractivity (Wildman–Crippen MR) is 54.7 cm³/mol. The van der Waals surface area contributed by atoms with Gasteiger partial charge in [0.25, 0.3) is 0 Å². The second kappa shape index (κ2) is 3.41. The van der Waals surface area contributed by atoms with Gasteiger partial charge in [-0.25, -0.2) is 4.79 Å². The van der Waals surface area contributed by atoms with Gasteiger partial charge in [-0.2, -0.15) is 0 Å². The Labute approximate surface area is 85.3 Å². The van der Waals surface area contributed by atoms with Crippen LogP contribution in [-0.4, -0.2) is 12.1 Å². The average Bonchev–Trinajstić information content (AvgIpc) is 2.62. The van der Waals surface area contributed by atoms with Crippen LogP contribution in [0.4, 0.5) is 0 Å². The molecular weight excluding hydrogens is 176 g/mol. The molecule has 2 saturated carbocycles. The zero-order chi connectivity index (χ0) is 10.3. The molecule has 0 aromatic carbocycles. The molecule has 78 valence electrons. The third-order valence-corrected chi connectivity index (χ3v) is 3.75. The van der Waals surface area contributed by atoms with Crippen LogP contribution in [0.25, 0.3) is 0 Å². The van der Waals surface area contributed by atoms with E-state index in [-0.39, 0.29) is 12.1 Å². The van der Waals surface area contributed by atoms with Crippen LogP contribution in [0.15, 0.2) is 12.2 Å². The van der Waals surface area contributed by atoms with Crippen molar-refractivity contribution in [3.63, 3.8) is 0 Å². The summed E-state index contributed by atoms with van der Waals surface area (Å²) in [5.74, 6) is 2.04. The van der Waals surface area contributed by atoms with E-state index in [9.17, 15) is 4.79 Å². The van der Waals surface area contributed by atoms with E-state index in [0.717, 1.165) is 18.3 Å². The fourth-order valence-corrected chi connectivity index (χ4v) is 2.89. The zero-order valence-electron chi connectivity index (χ0n) is 8.95. The van der Waals surface area contributed by atoms with Gasteiger partial charge in [-0.1, -0.05) is 13.5 Å². The summed E-state index contributed by atoms with van der Waals surface area (Å²) < 4.78 is 5.42. The van der Waals surface area contributed by atoms with Crippen LogP contribution < -0.4 is 0 Å². The highest BCUT2D eigenvalue weighted by Crippen LogP contribution is 2.49. The summed E-state index contributed by atoms with van der Waals surface area (Å²) in [6, 6.07) is 0. The molecule has 14 heavy (non-hydrogen) atoms. The highest BCUT2D eigenvalue weighted by molar-refractivity contribution is 5.87. The monoisotopic (exact) mass is 194 g/mol. The van der Waals surface area contributed by atoms with Crippen molar-refractivity contribution in [1.82, 2.24) is 0 Å². The SMILES string of the molecule is C=C(C)C(=O)OC1CC2CC1CC2C. The molecule has 2 rings (SSSR count). The van der Waals surface area contributed by atoms with Crippen LogP contribution >= 0.6 is 0 Å². The molecule has 0 aromatic rings. The van der Waals surface area contributed by atoms with Crippen molar-refractivity contribution in [2.75, 3.05) is 0 Å². The molecule has 2 heteroatoms. The summed E-state index contributed by atoms with van der Waals surface area (Å²) in [6.07, 6.45) is 3.75. The first-order valence-corrected chi connectivity index (χ1v) is 5.44. The maximum absolute atomic E-state index is 11.3. The zero-order valence-corrected chi connectivity index (χ0v) is 8.95. The number of hydrogen-bond acceptors (Lipinski definition) is 2. The first-order chi connectivity index (χ1) is 6.58. The fourth-order valence-electron chi connectivity index (χ4n) is 2.89. The van der Waals surface area contributed by atoms with Crippen molar-refractivity contribution in [2.24, 2.45) is 17.8 Å². The molecule has 2 aliphatic rings. The molecule has 0 radical (unpaired) electrons. The number of carbonyl (C=O) groups is 1. The number of rotatable bonds is 2. The molecule has 0 amide bonds. The number of carbonyl (C=O) groups excluding carboxylic acids is 1. The second-order valence-corrected chi connectivity index (χ2v) is 4.93. The third kappa shape index (κ3) is 1.58. The van der Waals surface area contributed by atoms with Crippen LogP contribution in [0.2, 0.25) is 0 Å². The smallest absolute Gasteiger partial charge is 0.333 e. The highest BCUT2D eigenvalue weighted by Gasteiger charge is 2.45. The molecule has 2 fully saturated rings. The van der Waals surface area contributed by atoms with Crippen LogP contribution in [0, 0.1) is 17.8 Å². The Bertz CT molecular complexity index is 267. The highest BCUT2D eigenvalue weighted by atomic mass is 16.5.